The summed E-state index contributed by atoms with van der Waals surface area (Å²) in [6, 6.07) is 1.75. The van der Waals surface area contributed by atoms with Gasteiger partial charge in [-0.15, -0.1) is 0 Å². The van der Waals surface area contributed by atoms with E-state index in [4.69, 9.17) is 5.26 Å². The summed E-state index contributed by atoms with van der Waals surface area (Å²) in [5, 5.41) is 18.6. The van der Waals surface area contributed by atoms with E-state index < -0.39 is 16.0 Å². The van der Waals surface area contributed by atoms with Crippen LogP contribution in [0.1, 0.15) is 5.56 Å². The van der Waals surface area contributed by atoms with E-state index in [-0.39, 0.29) is 12.0 Å². The second-order valence-electron chi connectivity index (χ2n) is 2.29. The molecule has 0 unspecified atom stereocenters. The van der Waals surface area contributed by atoms with Gasteiger partial charge in [-0.3, -0.25) is 14.9 Å². The fraction of sp³-hybridized carbons (Fsp3) is 0.143. The molecule has 0 radical (unpaired) electrons. The molecular formula is C7H5N3O3. The van der Waals surface area contributed by atoms with E-state index in [0.717, 1.165) is 6.20 Å². The smallest absolute Gasteiger partial charge is 0.332 e. The van der Waals surface area contributed by atoms with Gasteiger partial charge in [0, 0.05) is 11.8 Å². The number of H-pyrrole nitrogens is 1. The molecule has 0 bridgehead atoms. The van der Waals surface area contributed by atoms with Crippen molar-refractivity contribution in [1.29, 1.82) is 5.26 Å². The Hall–Kier alpha value is -2.16. The summed E-state index contributed by atoms with van der Waals surface area (Å²) in [7, 11) is 0. The number of nitrogens with zero attached hydrogens (tertiary/aromatic N) is 2. The van der Waals surface area contributed by atoms with E-state index in [2.05, 4.69) is 4.98 Å². The quantitative estimate of drug-likeness (QED) is 0.522. The van der Waals surface area contributed by atoms with Gasteiger partial charge in [-0.1, -0.05) is 0 Å². The maximum absolute atomic E-state index is 11.2. The Bertz CT molecular complexity index is 429. The molecule has 66 valence electrons. The average molecular weight is 179 g/mol. The molecule has 0 amide bonds. The van der Waals surface area contributed by atoms with Crippen molar-refractivity contribution < 1.29 is 4.92 Å². The lowest BCUT2D eigenvalue weighted by molar-refractivity contribution is -0.386. The monoisotopic (exact) mass is 179 g/mol. The number of hydrogen-bond acceptors (Lipinski definition) is 4. The number of nitro groups is 1. The fourth-order valence-electron chi connectivity index (χ4n) is 0.869. The predicted molar refractivity (Wildman–Crippen MR) is 43.0 cm³/mol. The number of rotatable bonds is 2. The van der Waals surface area contributed by atoms with Crippen molar-refractivity contribution in [3.05, 3.63) is 38.3 Å². The Kier molecular flexibility index (Phi) is 2.40. The molecule has 0 aliphatic carbocycles. The average Bonchev–Trinajstić information content (AvgIpc) is 2.08. The van der Waals surface area contributed by atoms with Crippen molar-refractivity contribution in [3.8, 4) is 6.07 Å². The lowest BCUT2D eigenvalue weighted by atomic mass is 10.2. The highest BCUT2D eigenvalue weighted by molar-refractivity contribution is 5.31. The normalized spacial score (nSPS) is 9.15. The van der Waals surface area contributed by atoms with Crippen molar-refractivity contribution in [2.24, 2.45) is 0 Å². The van der Waals surface area contributed by atoms with Crippen LogP contribution in [0.15, 0.2) is 17.2 Å². The Labute approximate surface area is 72.6 Å². The van der Waals surface area contributed by atoms with E-state index in [1.54, 1.807) is 6.07 Å². The van der Waals surface area contributed by atoms with Crippen molar-refractivity contribution in [2.75, 3.05) is 0 Å². The first-order valence-electron chi connectivity index (χ1n) is 3.38. The molecule has 0 saturated heterocycles. The van der Waals surface area contributed by atoms with Crippen LogP contribution in [0, 0.1) is 21.4 Å². The van der Waals surface area contributed by atoms with Gasteiger partial charge >= 0.3 is 5.69 Å². The Balaban J connectivity index is 3.29. The first kappa shape index (κ1) is 8.93. The molecule has 13 heavy (non-hydrogen) atoms. The summed E-state index contributed by atoms with van der Waals surface area (Å²) in [6.07, 6.45) is 2.17. The Morgan fingerprint density at radius 1 is 1.62 bits per heavy atom. The molecule has 0 aliphatic rings. The lowest BCUT2D eigenvalue weighted by Crippen LogP contribution is -2.13. The first-order valence-corrected chi connectivity index (χ1v) is 3.38. The van der Waals surface area contributed by atoms with Crippen LogP contribution in [0.5, 0.6) is 0 Å². The molecule has 0 aliphatic heterocycles. The van der Waals surface area contributed by atoms with Crippen molar-refractivity contribution >= 4 is 5.69 Å². The third kappa shape index (κ3) is 1.70. The second kappa shape index (κ2) is 3.49. The highest BCUT2D eigenvalue weighted by Gasteiger charge is 2.13. The van der Waals surface area contributed by atoms with Crippen molar-refractivity contribution in [3.63, 3.8) is 0 Å². The summed E-state index contributed by atoms with van der Waals surface area (Å²) in [6.45, 7) is 0. The minimum Gasteiger partial charge on any atom is -0.361 e. The van der Waals surface area contributed by atoms with Crippen LogP contribution in [-0.2, 0) is 6.42 Å². The van der Waals surface area contributed by atoms with Gasteiger partial charge in [-0.2, -0.15) is 5.26 Å². The fourth-order valence-corrected chi connectivity index (χ4v) is 0.869. The van der Waals surface area contributed by atoms with E-state index in [1.165, 1.54) is 6.20 Å². The van der Waals surface area contributed by atoms with Crippen LogP contribution >= 0.6 is 0 Å². The molecule has 1 heterocycles. The molecular weight excluding hydrogens is 174 g/mol. The first-order chi connectivity index (χ1) is 6.16. The van der Waals surface area contributed by atoms with Crippen LogP contribution < -0.4 is 5.43 Å². The van der Waals surface area contributed by atoms with Gasteiger partial charge in [0.05, 0.1) is 23.6 Å². The summed E-state index contributed by atoms with van der Waals surface area (Å²) >= 11 is 0. The SMILES string of the molecule is N#CCc1c[nH]cc([N+](=O)[O-])c1=O. The summed E-state index contributed by atoms with van der Waals surface area (Å²) in [5.41, 5.74) is -1.13. The van der Waals surface area contributed by atoms with E-state index in [9.17, 15) is 14.9 Å². The molecule has 1 aromatic rings. The number of pyridine rings is 1. The number of aromatic nitrogens is 1. The lowest BCUT2D eigenvalue weighted by Gasteiger charge is -1.92. The third-order valence-electron chi connectivity index (χ3n) is 1.47. The highest BCUT2D eigenvalue weighted by Crippen LogP contribution is 2.02. The largest absolute Gasteiger partial charge is 0.361 e. The molecule has 1 rings (SSSR count). The minimum absolute atomic E-state index is 0.108. The molecule has 0 aromatic carbocycles. The van der Waals surface area contributed by atoms with Gasteiger partial charge in [0.2, 0.25) is 0 Å². The zero-order chi connectivity index (χ0) is 9.84. The number of nitriles is 1. The zero-order valence-electron chi connectivity index (χ0n) is 6.48. The maximum atomic E-state index is 11.2. The predicted octanol–water partition coefficient (Wildman–Crippen LogP) is 0.349. The molecule has 0 saturated carbocycles. The molecule has 0 atom stereocenters. The minimum atomic E-state index is -0.778. The van der Waals surface area contributed by atoms with E-state index in [0.29, 0.717) is 0 Å². The standard InChI is InChI=1S/C7H5N3O3/c8-2-1-5-3-9-4-6(7(5)11)10(12)13/h3-4H,1H2,(H,9,11). The van der Waals surface area contributed by atoms with E-state index >= 15 is 0 Å². The van der Waals surface area contributed by atoms with Crippen LogP contribution in [0.25, 0.3) is 0 Å². The van der Waals surface area contributed by atoms with Crippen LogP contribution in [0.2, 0.25) is 0 Å². The van der Waals surface area contributed by atoms with Gasteiger partial charge in [0.15, 0.2) is 0 Å². The van der Waals surface area contributed by atoms with Crippen molar-refractivity contribution in [2.45, 2.75) is 6.42 Å². The molecule has 1 N–H and O–H groups in total. The Morgan fingerprint density at radius 2 is 2.31 bits per heavy atom. The summed E-state index contributed by atoms with van der Waals surface area (Å²) in [4.78, 5) is 23.1. The maximum Gasteiger partial charge on any atom is 0.332 e. The van der Waals surface area contributed by atoms with Crippen molar-refractivity contribution in [1.82, 2.24) is 4.98 Å². The summed E-state index contributed by atoms with van der Waals surface area (Å²) < 4.78 is 0. The molecule has 0 fully saturated rings. The zero-order valence-corrected chi connectivity index (χ0v) is 6.48. The van der Waals surface area contributed by atoms with Gasteiger partial charge in [-0.25, -0.2) is 0 Å². The second-order valence-corrected chi connectivity index (χ2v) is 2.29. The molecule has 1 aromatic heterocycles. The van der Waals surface area contributed by atoms with Crippen LogP contribution in [-0.4, -0.2) is 9.91 Å². The summed E-state index contributed by atoms with van der Waals surface area (Å²) in [5.74, 6) is 0. The Morgan fingerprint density at radius 3 is 2.85 bits per heavy atom. The van der Waals surface area contributed by atoms with Gasteiger partial charge in [0.25, 0.3) is 5.43 Å². The van der Waals surface area contributed by atoms with Gasteiger partial charge < -0.3 is 4.98 Å². The number of aromatic amines is 1. The molecule has 6 heteroatoms. The molecule has 6 nitrogen and oxygen atoms in total. The third-order valence-corrected chi connectivity index (χ3v) is 1.47. The van der Waals surface area contributed by atoms with Gasteiger partial charge in [0.1, 0.15) is 0 Å². The highest BCUT2D eigenvalue weighted by atomic mass is 16.6. The van der Waals surface area contributed by atoms with Gasteiger partial charge in [-0.05, 0) is 0 Å². The van der Waals surface area contributed by atoms with Crippen LogP contribution in [0.3, 0.4) is 0 Å². The topological polar surface area (TPSA) is 99.8 Å². The number of nitrogens with one attached hydrogen (secondary N) is 1. The van der Waals surface area contributed by atoms with Crippen LogP contribution in [0.4, 0.5) is 5.69 Å². The molecule has 0 spiro atoms. The number of hydrogen-bond donors (Lipinski definition) is 1. The van der Waals surface area contributed by atoms with E-state index in [1.807, 2.05) is 0 Å².